The molecule has 1 aromatic heterocycles. The second-order valence-corrected chi connectivity index (χ2v) is 6.14. The number of rotatable bonds is 4. The molecule has 0 saturated heterocycles. The van der Waals surface area contributed by atoms with E-state index >= 15 is 0 Å². The van der Waals surface area contributed by atoms with E-state index in [-0.39, 0.29) is 11.4 Å². The molecule has 0 amide bonds. The molecule has 0 aliphatic heterocycles. The van der Waals surface area contributed by atoms with E-state index in [0.717, 1.165) is 11.3 Å². The molecule has 0 bridgehead atoms. The van der Waals surface area contributed by atoms with Crippen molar-refractivity contribution in [3.05, 3.63) is 47.3 Å². The lowest BCUT2D eigenvalue weighted by Gasteiger charge is -2.06. The van der Waals surface area contributed by atoms with Crippen molar-refractivity contribution < 1.29 is 8.42 Å². The monoisotopic (exact) mass is 290 g/mol. The van der Waals surface area contributed by atoms with Crippen LogP contribution >= 0.6 is 0 Å². The van der Waals surface area contributed by atoms with E-state index in [4.69, 9.17) is 5.26 Å². The van der Waals surface area contributed by atoms with Gasteiger partial charge in [-0.05, 0) is 25.1 Å². The Bertz CT molecular complexity index is 772. The molecule has 0 radical (unpaired) electrons. The quantitative estimate of drug-likeness (QED) is 0.912. The first kappa shape index (κ1) is 14.2. The van der Waals surface area contributed by atoms with Crippen molar-refractivity contribution >= 4 is 10.0 Å². The van der Waals surface area contributed by atoms with Gasteiger partial charge in [0.25, 0.3) is 0 Å². The first-order valence-electron chi connectivity index (χ1n) is 5.91. The maximum Gasteiger partial charge on any atom is 0.240 e. The number of aryl methyl sites for hydroxylation is 2. The second kappa shape index (κ2) is 5.45. The highest BCUT2D eigenvalue weighted by molar-refractivity contribution is 7.89. The summed E-state index contributed by atoms with van der Waals surface area (Å²) in [7, 11) is -1.86. The van der Waals surface area contributed by atoms with Gasteiger partial charge in [0.05, 0.1) is 22.2 Å². The molecule has 0 spiro atoms. The van der Waals surface area contributed by atoms with Crippen molar-refractivity contribution in [2.45, 2.75) is 18.4 Å². The number of nitrogens with zero attached hydrogens (tertiary/aromatic N) is 3. The van der Waals surface area contributed by atoms with Crippen molar-refractivity contribution in [2.24, 2.45) is 7.05 Å². The van der Waals surface area contributed by atoms with E-state index in [2.05, 4.69) is 9.82 Å². The summed E-state index contributed by atoms with van der Waals surface area (Å²) >= 11 is 0. The Balaban J connectivity index is 2.19. The fourth-order valence-electron chi connectivity index (χ4n) is 1.81. The highest BCUT2D eigenvalue weighted by Gasteiger charge is 2.15. The van der Waals surface area contributed by atoms with Gasteiger partial charge in [0, 0.05) is 25.4 Å². The normalized spacial score (nSPS) is 11.2. The van der Waals surface area contributed by atoms with Gasteiger partial charge in [0.2, 0.25) is 10.0 Å². The lowest BCUT2D eigenvalue weighted by atomic mass is 10.2. The fraction of sp³-hybridized carbons (Fsp3) is 0.231. The summed E-state index contributed by atoms with van der Waals surface area (Å²) in [6, 6.07) is 7.83. The molecule has 2 rings (SSSR count). The number of hydrogen-bond acceptors (Lipinski definition) is 4. The Hall–Kier alpha value is -2.17. The molecule has 2 aromatic rings. The number of benzene rings is 1. The van der Waals surface area contributed by atoms with Gasteiger partial charge in [-0.15, -0.1) is 0 Å². The highest BCUT2D eigenvalue weighted by atomic mass is 32.2. The SMILES string of the molecule is Cc1nn(C)cc1CNS(=O)(=O)c1cccc(C#N)c1. The molecular weight excluding hydrogens is 276 g/mol. The summed E-state index contributed by atoms with van der Waals surface area (Å²) in [6.45, 7) is 1.98. The molecule has 1 heterocycles. The predicted octanol–water partition coefficient (Wildman–Crippen LogP) is 1.08. The number of sulfonamides is 1. The van der Waals surface area contributed by atoms with Crippen LogP contribution in [-0.4, -0.2) is 18.2 Å². The zero-order chi connectivity index (χ0) is 14.8. The average molecular weight is 290 g/mol. The molecular formula is C13H14N4O2S. The average Bonchev–Trinajstić information content (AvgIpc) is 2.75. The van der Waals surface area contributed by atoms with Gasteiger partial charge in [-0.3, -0.25) is 4.68 Å². The molecule has 0 saturated carbocycles. The Labute approximate surface area is 117 Å². The zero-order valence-corrected chi connectivity index (χ0v) is 12.0. The van der Waals surface area contributed by atoms with Gasteiger partial charge in [-0.25, -0.2) is 13.1 Å². The maximum atomic E-state index is 12.1. The van der Waals surface area contributed by atoms with Crippen molar-refractivity contribution in [1.82, 2.24) is 14.5 Å². The smallest absolute Gasteiger partial charge is 0.240 e. The van der Waals surface area contributed by atoms with Crippen molar-refractivity contribution in [3.8, 4) is 6.07 Å². The predicted molar refractivity (Wildman–Crippen MR) is 73.1 cm³/mol. The van der Waals surface area contributed by atoms with Crippen LogP contribution in [0.3, 0.4) is 0 Å². The van der Waals surface area contributed by atoms with E-state index in [0.29, 0.717) is 5.56 Å². The molecule has 104 valence electrons. The first-order chi connectivity index (χ1) is 9.42. The molecule has 6 nitrogen and oxygen atoms in total. The van der Waals surface area contributed by atoms with Gasteiger partial charge < -0.3 is 0 Å². The Kier molecular flexibility index (Phi) is 3.88. The summed E-state index contributed by atoms with van der Waals surface area (Å²) < 4.78 is 28.4. The van der Waals surface area contributed by atoms with Gasteiger partial charge in [0.1, 0.15) is 0 Å². The summed E-state index contributed by atoms with van der Waals surface area (Å²) in [6.07, 6.45) is 1.77. The van der Waals surface area contributed by atoms with E-state index < -0.39 is 10.0 Å². The molecule has 7 heteroatoms. The van der Waals surface area contributed by atoms with Crippen molar-refractivity contribution in [3.63, 3.8) is 0 Å². The van der Waals surface area contributed by atoms with Gasteiger partial charge in [-0.2, -0.15) is 10.4 Å². The van der Waals surface area contributed by atoms with Crippen LogP contribution in [0.4, 0.5) is 0 Å². The summed E-state index contributed by atoms with van der Waals surface area (Å²) in [4.78, 5) is 0.0816. The molecule has 0 aliphatic rings. The van der Waals surface area contributed by atoms with Gasteiger partial charge >= 0.3 is 0 Å². The molecule has 0 fully saturated rings. The van der Waals surface area contributed by atoms with Gasteiger partial charge in [0.15, 0.2) is 0 Å². The van der Waals surface area contributed by atoms with Crippen molar-refractivity contribution in [1.29, 1.82) is 5.26 Å². The van der Waals surface area contributed by atoms with Crippen LogP contribution in [0.25, 0.3) is 0 Å². The minimum Gasteiger partial charge on any atom is -0.275 e. The summed E-state index contributed by atoms with van der Waals surface area (Å²) in [5.74, 6) is 0. The number of nitriles is 1. The van der Waals surface area contributed by atoms with Crippen LogP contribution in [0.1, 0.15) is 16.8 Å². The van der Waals surface area contributed by atoms with Crippen LogP contribution in [0.2, 0.25) is 0 Å². The lowest BCUT2D eigenvalue weighted by Crippen LogP contribution is -2.23. The Morgan fingerprint density at radius 3 is 2.80 bits per heavy atom. The minimum atomic E-state index is -3.64. The zero-order valence-electron chi connectivity index (χ0n) is 11.2. The topological polar surface area (TPSA) is 87.8 Å². The Morgan fingerprint density at radius 1 is 1.45 bits per heavy atom. The van der Waals surface area contributed by atoms with Crippen LogP contribution in [0.15, 0.2) is 35.4 Å². The number of aromatic nitrogens is 2. The van der Waals surface area contributed by atoms with Crippen LogP contribution in [-0.2, 0) is 23.6 Å². The molecule has 1 N–H and O–H groups in total. The Morgan fingerprint density at radius 2 is 2.20 bits per heavy atom. The fourth-order valence-corrected chi connectivity index (χ4v) is 2.86. The number of hydrogen-bond donors (Lipinski definition) is 1. The van der Waals surface area contributed by atoms with Crippen LogP contribution < -0.4 is 4.72 Å². The molecule has 0 unspecified atom stereocenters. The molecule has 0 atom stereocenters. The van der Waals surface area contributed by atoms with E-state index in [9.17, 15) is 8.42 Å². The van der Waals surface area contributed by atoms with E-state index in [1.54, 1.807) is 30.1 Å². The largest absolute Gasteiger partial charge is 0.275 e. The third-order valence-corrected chi connectivity index (χ3v) is 4.24. The standard InChI is InChI=1S/C13H14N4O2S/c1-10-12(9-17(2)16-10)8-15-20(18,19)13-5-3-4-11(6-13)7-14/h3-6,9,15H,8H2,1-2H3. The summed E-state index contributed by atoms with van der Waals surface area (Å²) in [5, 5.41) is 12.9. The lowest BCUT2D eigenvalue weighted by molar-refractivity contribution is 0.581. The van der Waals surface area contributed by atoms with Crippen molar-refractivity contribution in [2.75, 3.05) is 0 Å². The first-order valence-corrected chi connectivity index (χ1v) is 7.39. The molecule has 0 aliphatic carbocycles. The number of nitrogens with one attached hydrogen (secondary N) is 1. The molecule has 1 aromatic carbocycles. The highest BCUT2D eigenvalue weighted by Crippen LogP contribution is 2.12. The maximum absolute atomic E-state index is 12.1. The van der Waals surface area contributed by atoms with Crippen LogP contribution in [0, 0.1) is 18.3 Å². The van der Waals surface area contributed by atoms with E-state index in [1.165, 1.54) is 12.1 Å². The molecule has 20 heavy (non-hydrogen) atoms. The van der Waals surface area contributed by atoms with Gasteiger partial charge in [-0.1, -0.05) is 6.07 Å². The minimum absolute atomic E-state index is 0.0816. The third-order valence-electron chi connectivity index (χ3n) is 2.84. The van der Waals surface area contributed by atoms with E-state index in [1.807, 2.05) is 13.0 Å². The second-order valence-electron chi connectivity index (χ2n) is 4.38. The van der Waals surface area contributed by atoms with Crippen LogP contribution in [0.5, 0.6) is 0 Å². The third kappa shape index (κ3) is 3.04. The summed E-state index contributed by atoms with van der Waals surface area (Å²) in [5.41, 5.74) is 1.90.